The number of amides is 2. The third-order valence-electron chi connectivity index (χ3n) is 4.41. The number of aliphatic carboxylic acids is 1. The minimum absolute atomic E-state index is 0.0301. The maximum absolute atomic E-state index is 12.6. The Labute approximate surface area is 174 Å². The molecule has 0 aliphatic carbocycles. The first-order valence-corrected chi connectivity index (χ1v) is 9.52. The van der Waals surface area contributed by atoms with Crippen LogP contribution in [0, 0.1) is 5.92 Å². The van der Waals surface area contributed by atoms with E-state index in [-0.39, 0.29) is 24.7 Å². The molecule has 2 rings (SSSR count). The lowest BCUT2D eigenvalue weighted by Gasteiger charge is -2.26. The van der Waals surface area contributed by atoms with Crippen molar-refractivity contribution in [2.24, 2.45) is 5.92 Å². The van der Waals surface area contributed by atoms with Crippen LogP contribution in [0.2, 0.25) is 0 Å². The summed E-state index contributed by atoms with van der Waals surface area (Å²) >= 11 is 0. The van der Waals surface area contributed by atoms with E-state index in [4.69, 9.17) is 4.74 Å². The van der Waals surface area contributed by atoms with Crippen molar-refractivity contribution in [3.05, 3.63) is 65.7 Å². The SMILES string of the molecule is CC(C)[C@@H](NC(=O)OCc1ccccc1)C(=O)N[C@H](Cc1ccc(O)cc1)C(=O)[O-]. The van der Waals surface area contributed by atoms with Crippen LogP contribution in [-0.4, -0.2) is 35.2 Å². The topological polar surface area (TPSA) is 128 Å². The number of carboxylic acids is 1. The molecular weight excluding hydrogens is 388 g/mol. The first-order valence-electron chi connectivity index (χ1n) is 9.52. The summed E-state index contributed by atoms with van der Waals surface area (Å²) in [7, 11) is 0. The summed E-state index contributed by atoms with van der Waals surface area (Å²) in [4.78, 5) is 36.2. The Morgan fingerprint density at radius 2 is 1.60 bits per heavy atom. The number of phenols is 1. The zero-order valence-corrected chi connectivity index (χ0v) is 16.8. The van der Waals surface area contributed by atoms with Gasteiger partial charge in [-0.2, -0.15) is 0 Å². The van der Waals surface area contributed by atoms with Crippen molar-refractivity contribution in [1.82, 2.24) is 10.6 Å². The van der Waals surface area contributed by atoms with E-state index in [9.17, 15) is 24.6 Å². The molecule has 0 bridgehead atoms. The van der Waals surface area contributed by atoms with Crippen molar-refractivity contribution in [3.63, 3.8) is 0 Å². The average molecular weight is 413 g/mol. The highest BCUT2D eigenvalue weighted by Crippen LogP contribution is 2.12. The van der Waals surface area contributed by atoms with Gasteiger partial charge >= 0.3 is 6.09 Å². The first-order chi connectivity index (χ1) is 14.3. The van der Waals surface area contributed by atoms with E-state index in [0.29, 0.717) is 5.56 Å². The molecule has 0 unspecified atom stereocenters. The predicted molar refractivity (Wildman–Crippen MR) is 107 cm³/mol. The quantitative estimate of drug-likeness (QED) is 0.565. The summed E-state index contributed by atoms with van der Waals surface area (Å²) < 4.78 is 5.14. The van der Waals surface area contributed by atoms with Gasteiger partial charge < -0.3 is 30.4 Å². The number of hydrogen-bond donors (Lipinski definition) is 3. The zero-order chi connectivity index (χ0) is 22.1. The molecular formula is C22H25N2O6-. The fourth-order valence-corrected chi connectivity index (χ4v) is 2.75. The Morgan fingerprint density at radius 3 is 2.17 bits per heavy atom. The van der Waals surface area contributed by atoms with Crippen molar-refractivity contribution >= 4 is 18.0 Å². The van der Waals surface area contributed by atoms with Crippen molar-refractivity contribution in [1.29, 1.82) is 0 Å². The molecule has 2 amide bonds. The van der Waals surface area contributed by atoms with Crippen molar-refractivity contribution in [2.45, 2.75) is 39.0 Å². The molecule has 8 nitrogen and oxygen atoms in total. The van der Waals surface area contributed by atoms with Crippen molar-refractivity contribution < 1.29 is 29.3 Å². The molecule has 0 saturated heterocycles. The highest BCUT2D eigenvalue weighted by Gasteiger charge is 2.27. The standard InChI is InChI=1S/C22H26N2O6/c1-14(2)19(24-22(29)30-13-16-6-4-3-5-7-16)20(26)23-18(21(27)28)12-15-8-10-17(25)11-9-15/h3-11,14,18-19,25H,12-13H2,1-2H3,(H,23,26)(H,24,29)(H,27,28)/p-1/t18-,19-/m1/s1. The van der Waals surface area contributed by atoms with Gasteiger partial charge in [-0.3, -0.25) is 4.79 Å². The Hall–Kier alpha value is -3.55. The van der Waals surface area contributed by atoms with E-state index < -0.39 is 30.1 Å². The number of aromatic hydroxyl groups is 1. The average Bonchev–Trinajstić information content (AvgIpc) is 2.71. The highest BCUT2D eigenvalue weighted by atomic mass is 16.5. The van der Waals surface area contributed by atoms with Gasteiger partial charge in [-0.25, -0.2) is 4.79 Å². The van der Waals surface area contributed by atoms with Gasteiger partial charge in [-0.05, 0) is 35.6 Å². The molecule has 30 heavy (non-hydrogen) atoms. The Kier molecular flexibility index (Phi) is 8.22. The maximum Gasteiger partial charge on any atom is 0.408 e. The second-order valence-corrected chi connectivity index (χ2v) is 7.18. The van der Waals surface area contributed by atoms with Crippen molar-refractivity contribution in [2.75, 3.05) is 0 Å². The summed E-state index contributed by atoms with van der Waals surface area (Å²) in [5.41, 5.74) is 1.39. The minimum Gasteiger partial charge on any atom is -0.548 e. The number of carboxylic acid groups (broad SMARTS) is 1. The van der Waals surface area contributed by atoms with Gasteiger partial charge in [-0.1, -0.05) is 56.3 Å². The molecule has 0 heterocycles. The number of rotatable bonds is 9. The largest absolute Gasteiger partial charge is 0.548 e. The van der Waals surface area contributed by atoms with Crippen LogP contribution in [-0.2, 0) is 27.4 Å². The fourth-order valence-electron chi connectivity index (χ4n) is 2.75. The summed E-state index contributed by atoms with van der Waals surface area (Å²) in [6.45, 7) is 3.48. The van der Waals surface area contributed by atoms with Gasteiger partial charge in [0.1, 0.15) is 18.4 Å². The molecule has 0 fully saturated rings. The van der Waals surface area contributed by atoms with E-state index in [1.165, 1.54) is 12.1 Å². The summed E-state index contributed by atoms with van der Waals surface area (Å²) in [6, 6.07) is 12.7. The molecule has 0 radical (unpaired) electrons. The van der Waals surface area contributed by atoms with Crippen LogP contribution in [0.3, 0.4) is 0 Å². The number of carbonyl (C=O) groups is 3. The molecule has 0 aliphatic rings. The van der Waals surface area contributed by atoms with Crippen LogP contribution in [0.4, 0.5) is 4.79 Å². The molecule has 160 valence electrons. The monoisotopic (exact) mass is 413 g/mol. The lowest BCUT2D eigenvalue weighted by atomic mass is 10.0. The Morgan fingerprint density at radius 1 is 0.967 bits per heavy atom. The second-order valence-electron chi connectivity index (χ2n) is 7.18. The number of phenolic OH excluding ortho intramolecular Hbond substituents is 1. The lowest BCUT2D eigenvalue weighted by Crippen LogP contribution is -2.56. The van der Waals surface area contributed by atoms with Gasteiger partial charge in [0.05, 0.1) is 12.0 Å². The molecule has 0 saturated carbocycles. The molecule has 8 heteroatoms. The van der Waals surface area contributed by atoms with Gasteiger partial charge in [0.15, 0.2) is 0 Å². The van der Waals surface area contributed by atoms with Crippen molar-refractivity contribution in [3.8, 4) is 5.75 Å². The van der Waals surface area contributed by atoms with E-state index in [2.05, 4.69) is 10.6 Å². The molecule has 0 aromatic heterocycles. The minimum atomic E-state index is -1.45. The summed E-state index contributed by atoms with van der Waals surface area (Å²) in [5, 5.41) is 25.7. The van der Waals surface area contributed by atoms with Crippen LogP contribution in [0.1, 0.15) is 25.0 Å². The lowest BCUT2D eigenvalue weighted by molar-refractivity contribution is -0.308. The van der Waals surface area contributed by atoms with Crippen LogP contribution >= 0.6 is 0 Å². The number of alkyl carbamates (subject to hydrolysis) is 1. The normalized spacial score (nSPS) is 12.6. The number of carbonyl (C=O) groups excluding carboxylic acids is 3. The van der Waals surface area contributed by atoms with Crippen LogP contribution in [0.15, 0.2) is 54.6 Å². The summed E-state index contributed by atoms with van der Waals surface area (Å²) in [5.74, 6) is -2.38. The Bertz CT molecular complexity index is 852. The third kappa shape index (κ3) is 7.12. The number of nitrogens with one attached hydrogen (secondary N) is 2. The van der Waals surface area contributed by atoms with E-state index in [1.807, 2.05) is 18.2 Å². The van der Waals surface area contributed by atoms with Gasteiger partial charge in [0.2, 0.25) is 5.91 Å². The smallest absolute Gasteiger partial charge is 0.408 e. The molecule has 3 N–H and O–H groups in total. The van der Waals surface area contributed by atoms with Crippen LogP contribution in [0.5, 0.6) is 5.75 Å². The van der Waals surface area contributed by atoms with Gasteiger partial charge in [0.25, 0.3) is 0 Å². The van der Waals surface area contributed by atoms with Gasteiger partial charge in [0, 0.05) is 0 Å². The van der Waals surface area contributed by atoms with E-state index in [1.54, 1.807) is 38.1 Å². The second kappa shape index (κ2) is 10.8. The predicted octanol–water partition coefficient (Wildman–Crippen LogP) is 1.12. The number of benzene rings is 2. The van der Waals surface area contributed by atoms with Gasteiger partial charge in [-0.15, -0.1) is 0 Å². The third-order valence-corrected chi connectivity index (χ3v) is 4.41. The van der Waals surface area contributed by atoms with Crippen LogP contribution in [0.25, 0.3) is 0 Å². The molecule has 2 aromatic carbocycles. The Balaban J connectivity index is 1.97. The fraction of sp³-hybridized carbons (Fsp3) is 0.318. The van der Waals surface area contributed by atoms with Crippen LogP contribution < -0.4 is 15.7 Å². The molecule has 0 aliphatic heterocycles. The number of hydrogen-bond acceptors (Lipinski definition) is 6. The molecule has 2 atom stereocenters. The zero-order valence-electron chi connectivity index (χ0n) is 16.8. The molecule has 2 aromatic rings. The first kappa shape index (κ1) is 22.7. The highest BCUT2D eigenvalue weighted by molar-refractivity contribution is 5.89. The van der Waals surface area contributed by atoms with E-state index in [0.717, 1.165) is 5.56 Å². The summed E-state index contributed by atoms with van der Waals surface area (Å²) in [6.07, 6.45) is -0.811. The number of ether oxygens (including phenoxy) is 1. The van der Waals surface area contributed by atoms with E-state index >= 15 is 0 Å². The molecule has 0 spiro atoms. The maximum atomic E-state index is 12.6.